The largest absolute Gasteiger partial charge is 0.376 e. The predicted octanol–water partition coefficient (Wildman–Crippen LogP) is 0.565. The number of ether oxygens (including phenoxy) is 2. The average molecular weight is 166 g/mol. The molecule has 4 nitrogen and oxygen atoms in total. The van der Waals surface area contributed by atoms with Crippen molar-refractivity contribution in [3.05, 3.63) is 24.3 Å². The Balaban J connectivity index is 2.08. The molecule has 0 bridgehead atoms. The van der Waals surface area contributed by atoms with Gasteiger partial charge in [0.1, 0.15) is 6.10 Å². The van der Waals surface area contributed by atoms with Crippen LogP contribution in [0.25, 0.3) is 0 Å². The van der Waals surface area contributed by atoms with Gasteiger partial charge in [-0.3, -0.25) is 9.97 Å². The second-order valence-electron chi connectivity index (χ2n) is 2.56. The molecule has 0 spiro atoms. The molecular formula is C8H10N2O2. The lowest BCUT2D eigenvalue weighted by atomic mass is 10.2. The van der Waals surface area contributed by atoms with Crippen LogP contribution < -0.4 is 0 Å². The van der Waals surface area contributed by atoms with Gasteiger partial charge in [0.05, 0.1) is 31.7 Å². The Kier molecular flexibility index (Phi) is 2.29. The molecule has 1 aliphatic heterocycles. The van der Waals surface area contributed by atoms with E-state index in [0.717, 1.165) is 5.69 Å². The molecule has 1 aromatic heterocycles. The first-order chi connectivity index (χ1) is 5.97. The lowest BCUT2D eigenvalue weighted by Gasteiger charge is -2.21. The molecule has 0 unspecified atom stereocenters. The number of aromatic nitrogens is 2. The van der Waals surface area contributed by atoms with Crippen LogP contribution >= 0.6 is 0 Å². The molecule has 2 heterocycles. The van der Waals surface area contributed by atoms with Crippen LogP contribution in [0.5, 0.6) is 0 Å². The van der Waals surface area contributed by atoms with E-state index in [4.69, 9.17) is 9.47 Å². The van der Waals surface area contributed by atoms with Gasteiger partial charge < -0.3 is 9.47 Å². The van der Waals surface area contributed by atoms with E-state index in [2.05, 4.69) is 9.97 Å². The monoisotopic (exact) mass is 166 g/mol. The van der Waals surface area contributed by atoms with Crippen molar-refractivity contribution in [2.45, 2.75) is 6.10 Å². The molecule has 12 heavy (non-hydrogen) atoms. The van der Waals surface area contributed by atoms with Gasteiger partial charge in [0, 0.05) is 12.4 Å². The van der Waals surface area contributed by atoms with Gasteiger partial charge >= 0.3 is 0 Å². The van der Waals surface area contributed by atoms with Crippen LogP contribution in [0.1, 0.15) is 11.8 Å². The smallest absolute Gasteiger partial charge is 0.124 e. The quantitative estimate of drug-likeness (QED) is 0.611. The number of rotatable bonds is 1. The highest BCUT2D eigenvalue weighted by molar-refractivity contribution is 5.00. The van der Waals surface area contributed by atoms with Crippen LogP contribution in [0.15, 0.2) is 18.6 Å². The number of hydrogen-bond donors (Lipinski definition) is 0. The maximum absolute atomic E-state index is 5.44. The Bertz CT molecular complexity index is 234. The van der Waals surface area contributed by atoms with Gasteiger partial charge in [0.2, 0.25) is 0 Å². The molecule has 1 fully saturated rings. The van der Waals surface area contributed by atoms with Crippen LogP contribution in [0.2, 0.25) is 0 Å². The van der Waals surface area contributed by atoms with Gasteiger partial charge in [0.25, 0.3) is 0 Å². The summed E-state index contributed by atoms with van der Waals surface area (Å²) >= 11 is 0. The fourth-order valence-electron chi connectivity index (χ4n) is 1.14. The normalized spacial score (nSPS) is 23.8. The molecule has 64 valence electrons. The van der Waals surface area contributed by atoms with E-state index in [0.29, 0.717) is 19.8 Å². The second-order valence-corrected chi connectivity index (χ2v) is 2.56. The Hall–Kier alpha value is -1.00. The van der Waals surface area contributed by atoms with Gasteiger partial charge in [-0.1, -0.05) is 0 Å². The van der Waals surface area contributed by atoms with Crippen molar-refractivity contribution in [2.75, 3.05) is 19.8 Å². The van der Waals surface area contributed by atoms with Gasteiger partial charge in [-0.25, -0.2) is 0 Å². The van der Waals surface area contributed by atoms with Crippen LogP contribution in [0.3, 0.4) is 0 Å². The molecule has 0 radical (unpaired) electrons. The van der Waals surface area contributed by atoms with E-state index >= 15 is 0 Å². The van der Waals surface area contributed by atoms with E-state index < -0.39 is 0 Å². The van der Waals surface area contributed by atoms with Crippen molar-refractivity contribution >= 4 is 0 Å². The van der Waals surface area contributed by atoms with Crippen molar-refractivity contribution in [3.8, 4) is 0 Å². The first kappa shape index (κ1) is 7.64. The van der Waals surface area contributed by atoms with Crippen LogP contribution in [0, 0.1) is 0 Å². The summed E-state index contributed by atoms with van der Waals surface area (Å²) in [6.45, 7) is 1.90. The van der Waals surface area contributed by atoms with Crippen LogP contribution in [0.4, 0.5) is 0 Å². The van der Waals surface area contributed by atoms with Crippen LogP contribution in [-0.2, 0) is 9.47 Å². The lowest BCUT2D eigenvalue weighted by molar-refractivity contribution is -0.0919. The summed E-state index contributed by atoms with van der Waals surface area (Å²) in [6, 6.07) is 0. The van der Waals surface area contributed by atoms with Crippen molar-refractivity contribution < 1.29 is 9.47 Å². The molecule has 1 atom stereocenters. The molecular weight excluding hydrogens is 156 g/mol. The molecule has 0 aliphatic carbocycles. The molecule has 2 rings (SSSR count). The fourth-order valence-corrected chi connectivity index (χ4v) is 1.14. The van der Waals surface area contributed by atoms with Crippen molar-refractivity contribution in [1.82, 2.24) is 9.97 Å². The summed E-state index contributed by atoms with van der Waals surface area (Å²) in [7, 11) is 0. The minimum atomic E-state index is -0.0348. The molecule has 0 saturated carbocycles. The zero-order chi connectivity index (χ0) is 8.23. The molecule has 1 saturated heterocycles. The van der Waals surface area contributed by atoms with Crippen LogP contribution in [-0.4, -0.2) is 29.8 Å². The molecule has 0 amide bonds. The first-order valence-corrected chi connectivity index (χ1v) is 3.92. The van der Waals surface area contributed by atoms with Gasteiger partial charge in [-0.2, -0.15) is 0 Å². The summed E-state index contributed by atoms with van der Waals surface area (Å²) in [5.74, 6) is 0. The molecule has 4 heteroatoms. The van der Waals surface area contributed by atoms with E-state index in [9.17, 15) is 0 Å². The SMILES string of the molecule is c1cnc([C@H]2COCCO2)cn1. The molecule has 0 aromatic carbocycles. The van der Waals surface area contributed by atoms with Gasteiger partial charge in [-0.05, 0) is 0 Å². The number of nitrogens with zero attached hydrogens (tertiary/aromatic N) is 2. The van der Waals surface area contributed by atoms with Crippen molar-refractivity contribution in [1.29, 1.82) is 0 Å². The summed E-state index contributed by atoms with van der Waals surface area (Å²) in [6.07, 6.45) is 4.98. The van der Waals surface area contributed by atoms with Gasteiger partial charge in [-0.15, -0.1) is 0 Å². The second kappa shape index (κ2) is 3.60. The third-order valence-electron chi connectivity index (χ3n) is 1.73. The summed E-state index contributed by atoms with van der Waals surface area (Å²) in [4.78, 5) is 8.10. The number of hydrogen-bond acceptors (Lipinski definition) is 4. The van der Waals surface area contributed by atoms with Crippen molar-refractivity contribution in [2.24, 2.45) is 0 Å². The molecule has 1 aliphatic rings. The zero-order valence-electron chi connectivity index (χ0n) is 6.64. The minimum Gasteiger partial charge on any atom is -0.376 e. The maximum Gasteiger partial charge on any atom is 0.124 e. The highest BCUT2D eigenvalue weighted by atomic mass is 16.6. The molecule has 0 N–H and O–H groups in total. The Morgan fingerprint density at radius 1 is 1.33 bits per heavy atom. The standard InChI is InChI=1S/C8H10N2O2/c1-2-10-7(5-9-1)8-6-11-3-4-12-8/h1-2,5,8H,3-4,6H2/t8-/m1/s1. The van der Waals surface area contributed by atoms with E-state index in [1.54, 1.807) is 18.6 Å². The summed E-state index contributed by atoms with van der Waals surface area (Å²) in [5, 5.41) is 0. The topological polar surface area (TPSA) is 44.2 Å². The molecule has 1 aromatic rings. The van der Waals surface area contributed by atoms with Gasteiger partial charge in [0.15, 0.2) is 0 Å². The summed E-state index contributed by atoms with van der Waals surface area (Å²) in [5.41, 5.74) is 0.845. The predicted molar refractivity (Wildman–Crippen MR) is 41.5 cm³/mol. The van der Waals surface area contributed by atoms with E-state index in [1.165, 1.54) is 0 Å². The summed E-state index contributed by atoms with van der Waals surface area (Å²) < 4.78 is 10.7. The van der Waals surface area contributed by atoms with Crippen molar-refractivity contribution in [3.63, 3.8) is 0 Å². The zero-order valence-corrected chi connectivity index (χ0v) is 6.64. The highest BCUT2D eigenvalue weighted by Crippen LogP contribution is 2.16. The Morgan fingerprint density at radius 3 is 3.00 bits per heavy atom. The Morgan fingerprint density at radius 2 is 2.33 bits per heavy atom. The third kappa shape index (κ3) is 1.60. The maximum atomic E-state index is 5.44. The van der Waals surface area contributed by atoms with E-state index in [-0.39, 0.29) is 6.10 Å². The average Bonchev–Trinajstić information content (AvgIpc) is 2.21. The third-order valence-corrected chi connectivity index (χ3v) is 1.73. The first-order valence-electron chi connectivity index (χ1n) is 3.92. The highest BCUT2D eigenvalue weighted by Gasteiger charge is 2.17. The lowest BCUT2D eigenvalue weighted by Crippen LogP contribution is -2.22. The van der Waals surface area contributed by atoms with E-state index in [1.807, 2.05) is 0 Å². The Labute approximate surface area is 70.6 Å². The minimum absolute atomic E-state index is 0.0348. The fraction of sp³-hybridized carbons (Fsp3) is 0.500.